The molecule has 21 heavy (non-hydrogen) atoms. The number of aliphatic hydroxyl groups excluding tert-OH is 1. The van der Waals surface area contributed by atoms with E-state index >= 15 is 0 Å². The molecule has 2 nitrogen and oxygen atoms in total. The van der Waals surface area contributed by atoms with Gasteiger partial charge in [-0.25, -0.2) is 0 Å². The van der Waals surface area contributed by atoms with Crippen LogP contribution >= 0.6 is 27.5 Å². The summed E-state index contributed by atoms with van der Waals surface area (Å²) in [6.45, 7) is 4.74. The molecule has 2 rings (SSSR count). The molecule has 0 spiro atoms. The van der Waals surface area contributed by atoms with E-state index in [4.69, 9.17) is 11.6 Å². The summed E-state index contributed by atoms with van der Waals surface area (Å²) in [6, 6.07) is 13.6. The Labute approximate surface area is 139 Å². The third-order valence-corrected chi connectivity index (χ3v) is 4.33. The van der Waals surface area contributed by atoms with Gasteiger partial charge in [0.15, 0.2) is 0 Å². The number of hydrogen-bond acceptors (Lipinski definition) is 2. The zero-order valence-corrected chi connectivity index (χ0v) is 14.4. The van der Waals surface area contributed by atoms with Crippen molar-refractivity contribution in [2.75, 3.05) is 11.9 Å². The van der Waals surface area contributed by atoms with Gasteiger partial charge in [-0.3, -0.25) is 0 Å². The van der Waals surface area contributed by atoms with Gasteiger partial charge < -0.3 is 10.4 Å². The first-order valence-corrected chi connectivity index (χ1v) is 8.11. The van der Waals surface area contributed by atoms with Gasteiger partial charge in [-0.2, -0.15) is 0 Å². The zero-order chi connectivity index (χ0) is 15.4. The molecular weight excluding hydrogens is 350 g/mol. The van der Waals surface area contributed by atoms with Crippen molar-refractivity contribution in [2.45, 2.75) is 25.9 Å². The van der Waals surface area contributed by atoms with Crippen molar-refractivity contribution in [1.82, 2.24) is 0 Å². The number of halogens is 2. The molecule has 0 aliphatic rings. The van der Waals surface area contributed by atoms with Crippen LogP contribution in [-0.4, -0.2) is 11.7 Å². The van der Waals surface area contributed by atoms with Crippen molar-refractivity contribution in [3.63, 3.8) is 0 Å². The SMILES string of the molecule is CC(C)c1ccc(C(O)CNc2cc(Cl)ccc2Br)cc1. The van der Waals surface area contributed by atoms with Crippen LogP contribution in [-0.2, 0) is 0 Å². The summed E-state index contributed by atoms with van der Waals surface area (Å²) in [4.78, 5) is 0. The van der Waals surface area contributed by atoms with E-state index in [0.717, 1.165) is 15.7 Å². The second-order valence-electron chi connectivity index (χ2n) is 5.34. The summed E-state index contributed by atoms with van der Waals surface area (Å²) >= 11 is 9.43. The number of anilines is 1. The summed E-state index contributed by atoms with van der Waals surface area (Å²) in [7, 11) is 0. The molecule has 0 saturated carbocycles. The minimum Gasteiger partial charge on any atom is -0.387 e. The van der Waals surface area contributed by atoms with E-state index in [2.05, 4.69) is 47.2 Å². The maximum Gasteiger partial charge on any atom is 0.0962 e. The summed E-state index contributed by atoms with van der Waals surface area (Å²) in [5, 5.41) is 14.1. The largest absolute Gasteiger partial charge is 0.387 e. The normalized spacial score (nSPS) is 12.5. The molecule has 0 radical (unpaired) electrons. The van der Waals surface area contributed by atoms with Gasteiger partial charge in [0.2, 0.25) is 0 Å². The van der Waals surface area contributed by atoms with E-state index in [-0.39, 0.29) is 0 Å². The zero-order valence-electron chi connectivity index (χ0n) is 12.1. The van der Waals surface area contributed by atoms with E-state index in [1.54, 1.807) is 0 Å². The van der Waals surface area contributed by atoms with Gasteiger partial charge in [-0.1, -0.05) is 49.7 Å². The molecule has 0 fully saturated rings. The molecule has 2 aromatic carbocycles. The van der Waals surface area contributed by atoms with Gasteiger partial charge >= 0.3 is 0 Å². The number of hydrogen-bond donors (Lipinski definition) is 2. The Morgan fingerprint density at radius 1 is 1.10 bits per heavy atom. The van der Waals surface area contributed by atoms with Crippen LogP contribution in [0.25, 0.3) is 0 Å². The molecule has 4 heteroatoms. The van der Waals surface area contributed by atoms with E-state index in [1.165, 1.54) is 5.56 Å². The van der Waals surface area contributed by atoms with Crippen LogP contribution in [0.5, 0.6) is 0 Å². The molecule has 0 aliphatic heterocycles. The highest BCUT2D eigenvalue weighted by Crippen LogP contribution is 2.27. The Kier molecular flexibility index (Phi) is 5.68. The quantitative estimate of drug-likeness (QED) is 0.743. The van der Waals surface area contributed by atoms with Crippen molar-refractivity contribution in [2.24, 2.45) is 0 Å². The van der Waals surface area contributed by atoms with Crippen molar-refractivity contribution < 1.29 is 5.11 Å². The van der Waals surface area contributed by atoms with Crippen LogP contribution in [0.1, 0.15) is 37.0 Å². The standard InChI is InChI=1S/C17H19BrClNO/c1-11(2)12-3-5-13(6-4-12)17(21)10-20-16-9-14(19)7-8-15(16)18/h3-9,11,17,20-21H,10H2,1-2H3. The third-order valence-electron chi connectivity index (χ3n) is 3.40. The summed E-state index contributed by atoms with van der Waals surface area (Å²) < 4.78 is 0.925. The number of aliphatic hydroxyl groups is 1. The molecule has 1 atom stereocenters. The van der Waals surface area contributed by atoms with Gasteiger partial charge in [0.25, 0.3) is 0 Å². The molecule has 0 aromatic heterocycles. The second kappa shape index (κ2) is 7.30. The molecule has 0 amide bonds. The molecule has 2 aromatic rings. The van der Waals surface area contributed by atoms with Crippen LogP contribution in [0.3, 0.4) is 0 Å². The van der Waals surface area contributed by atoms with Gasteiger partial charge in [0.05, 0.1) is 11.8 Å². The Morgan fingerprint density at radius 3 is 2.33 bits per heavy atom. The molecule has 112 valence electrons. The van der Waals surface area contributed by atoms with Crippen LogP contribution in [0.15, 0.2) is 46.9 Å². The van der Waals surface area contributed by atoms with Crippen molar-refractivity contribution >= 4 is 33.2 Å². The molecule has 0 aliphatic carbocycles. The molecule has 2 N–H and O–H groups in total. The number of benzene rings is 2. The van der Waals surface area contributed by atoms with Crippen LogP contribution in [0, 0.1) is 0 Å². The molecular formula is C17H19BrClNO. The van der Waals surface area contributed by atoms with Crippen molar-refractivity contribution in [3.8, 4) is 0 Å². The first-order valence-electron chi connectivity index (χ1n) is 6.94. The fraction of sp³-hybridized carbons (Fsp3) is 0.294. The van der Waals surface area contributed by atoms with Gasteiger partial charge in [-0.05, 0) is 51.2 Å². The van der Waals surface area contributed by atoms with E-state index < -0.39 is 6.10 Å². The highest BCUT2D eigenvalue weighted by Gasteiger charge is 2.09. The highest BCUT2D eigenvalue weighted by molar-refractivity contribution is 9.10. The number of nitrogens with one attached hydrogen (secondary N) is 1. The lowest BCUT2D eigenvalue weighted by Gasteiger charge is -2.15. The smallest absolute Gasteiger partial charge is 0.0962 e. The van der Waals surface area contributed by atoms with Crippen LogP contribution in [0.4, 0.5) is 5.69 Å². The van der Waals surface area contributed by atoms with E-state index in [9.17, 15) is 5.11 Å². The minimum atomic E-state index is -0.558. The lowest BCUT2D eigenvalue weighted by molar-refractivity contribution is 0.191. The van der Waals surface area contributed by atoms with Gasteiger partial charge in [-0.15, -0.1) is 0 Å². The maximum atomic E-state index is 10.3. The third kappa shape index (κ3) is 4.47. The Balaban J connectivity index is 2.01. The van der Waals surface area contributed by atoms with E-state index in [1.807, 2.05) is 30.3 Å². The van der Waals surface area contributed by atoms with Crippen molar-refractivity contribution in [1.29, 1.82) is 0 Å². The fourth-order valence-corrected chi connectivity index (χ4v) is 2.62. The fourth-order valence-electron chi connectivity index (χ4n) is 2.06. The topological polar surface area (TPSA) is 32.3 Å². The average Bonchev–Trinajstić information content (AvgIpc) is 2.48. The van der Waals surface area contributed by atoms with E-state index in [0.29, 0.717) is 17.5 Å². The number of rotatable bonds is 5. The molecule has 0 bridgehead atoms. The lowest BCUT2D eigenvalue weighted by Crippen LogP contribution is -2.12. The first-order chi connectivity index (χ1) is 9.97. The summed E-state index contributed by atoms with van der Waals surface area (Å²) in [6.07, 6.45) is -0.558. The summed E-state index contributed by atoms with van der Waals surface area (Å²) in [5.74, 6) is 0.497. The Morgan fingerprint density at radius 2 is 1.71 bits per heavy atom. The maximum absolute atomic E-state index is 10.3. The lowest BCUT2D eigenvalue weighted by atomic mass is 10.00. The average molecular weight is 369 g/mol. The van der Waals surface area contributed by atoms with Crippen LogP contribution in [0.2, 0.25) is 5.02 Å². The Hall–Kier alpha value is -1.03. The Bertz CT molecular complexity index is 598. The highest BCUT2D eigenvalue weighted by atomic mass is 79.9. The monoisotopic (exact) mass is 367 g/mol. The second-order valence-corrected chi connectivity index (χ2v) is 6.63. The van der Waals surface area contributed by atoms with Gasteiger partial charge in [0, 0.05) is 16.0 Å². The predicted molar refractivity (Wildman–Crippen MR) is 93.1 cm³/mol. The van der Waals surface area contributed by atoms with Crippen LogP contribution < -0.4 is 5.32 Å². The predicted octanol–water partition coefficient (Wildman–Crippen LogP) is 5.37. The van der Waals surface area contributed by atoms with Gasteiger partial charge in [0.1, 0.15) is 0 Å². The summed E-state index contributed by atoms with van der Waals surface area (Å²) in [5.41, 5.74) is 3.06. The molecule has 0 saturated heterocycles. The van der Waals surface area contributed by atoms with Crippen molar-refractivity contribution in [3.05, 3.63) is 63.1 Å². The first kappa shape index (κ1) is 16.3. The molecule has 1 unspecified atom stereocenters. The molecule has 0 heterocycles. The minimum absolute atomic E-state index is 0.431.